The Labute approximate surface area is 141 Å². The van der Waals surface area contributed by atoms with E-state index in [2.05, 4.69) is 20.6 Å². The zero-order valence-corrected chi connectivity index (χ0v) is 14.5. The molecule has 0 spiro atoms. The first-order chi connectivity index (χ1) is 10.7. The molecule has 0 saturated carbocycles. The molecule has 23 heavy (non-hydrogen) atoms. The molecule has 0 unspecified atom stereocenters. The van der Waals surface area contributed by atoms with Crippen LogP contribution in [0, 0.1) is 6.92 Å². The van der Waals surface area contributed by atoms with E-state index in [0.717, 1.165) is 5.56 Å². The molecule has 1 aromatic heterocycles. The van der Waals surface area contributed by atoms with E-state index < -0.39 is 0 Å². The highest BCUT2D eigenvalue weighted by Crippen LogP contribution is 2.14. The van der Waals surface area contributed by atoms with E-state index in [-0.39, 0.29) is 11.4 Å². The molecule has 2 rings (SSSR count). The molecule has 0 aliphatic heterocycles. The first-order valence-electron chi connectivity index (χ1n) is 7.39. The number of benzene rings is 1. The van der Waals surface area contributed by atoms with Crippen molar-refractivity contribution in [2.24, 2.45) is 0 Å². The molecule has 0 fully saturated rings. The summed E-state index contributed by atoms with van der Waals surface area (Å²) in [5.41, 5.74) is 1.18. The quantitative estimate of drug-likeness (QED) is 0.898. The van der Waals surface area contributed by atoms with Crippen LogP contribution in [0.1, 0.15) is 42.6 Å². The summed E-state index contributed by atoms with van der Waals surface area (Å²) in [7, 11) is 0. The fourth-order valence-electron chi connectivity index (χ4n) is 2.01. The maximum absolute atomic E-state index is 12.3. The molecule has 5 nitrogen and oxygen atoms in total. The Morgan fingerprint density at radius 3 is 2.43 bits per heavy atom. The molecular weight excluding hydrogens is 312 g/mol. The zero-order chi connectivity index (χ0) is 17.0. The number of nitrogens with one attached hydrogen (secondary N) is 2. The van der Waals surface area contributed by atoms with Gasteiger partial charge in [-0.05, 0) is 45.4 Å². The van der Waals surface area contributed by atoms with Gasteiger partial charge in [0.1, 0.15) is 17.3 Å². The molecular formula is C17H21ClN4O. The average molecular weight is 333 g/mol. The van der Waals surface area contributed by atoms with Gasteiger partial charge in [-0.1, -0.05) is 23.7 Å². The SMILES string of the molecule is Cc1nc(NC(C)(C)C)cc(C(=O)NCc2ccc(Cl)cc2)n1. The molecule has 0 aliphatic carbocycles. The molecule has 6 heteroatoms. The van der Waals surface area contributed by atoms with Gasteiger partial charge in [0.05, 0.1) is 0 Å². The highest BCUT2D eigenvalue weighted by Gasteiger charge is 2.14. The van der Waals surface area contributed by atoms with Crippen molar-refractivity contribution >= 4 is 23.3 Å². The van der Waals surface area contributed by atoms with Crippen LogP contribution in [0.25, 0.3) is 0 Å². The predicted molar refractivity (Wildman–Crippen MR) is 92.8 cm³/mol. The molecule has 122 valence electrons. The van der Waals surface area contributed by atoms with Crippen LogP contribution >= 0.6 is 11.6 Å². The maximum Gasteiger partial charge on any atom is 0.270 e. The molecule has 2 aromatic rings. The Balaban J connectivity index is 2.08. The minimum Gasteiger partial charge on any atom is -0.365 e. The molecule has 1 aromatic carbocycles. The highest BCUT2D eigenvalue weighted by molar-refractivity contribution is 6.30. The fourth-order valence-corrected chi connectivity index (χ4v) is 2.13. The summed E-state index contributed by atoms with van der Waals surface area (Å²) in [6, 6.07) is 9.00. The number of anilines is 1. The predicted octanol–water partition coefficient (Wildman–Crippen LogP) is 3.58. The van der Waals surface area contributed by atoms with E-state index in [1.807, 2.05) is 32.9 Å². The summed E-state index contributed by atoms with van der Waals surface area (Å²) in [6.07, 6.45) is 0. The third-order valence-electron chi connectivity index (χ3n) is 2.94. The van der Waals surface area contributed by atoms with E-state index in [0.29, 0.717) is 28.9 Å². The molecule has 0 saturated heterocycles. The van der Waals surface area contributed by atoms with Gasteiger partial charge in [0.15, 0.2) is 0 Å². The van der Waals surface area contributed by atoms with Gasteiger partial charge in [-0.2, -0.15) is 0 Å². The first kappa shape index (κ1) is 17.2. The highest BCUT2D eigenvalue weighted by atomic mass is 35.5. The summed E-state index contributed by atoms with van der Waals surface area (Å²) in [6.45, 7) is 8.28. The van der Waals surface area contributed by atoms with E-state index in [1.165, 1.54) is 0 Å². The van der Waals surface area contributed by atoms with E-state index in [4.69, 9.17) is 11.6 Å². The molecule has 1 heterocycles. The molecule has 0 radical (unpaired) electrons. The van der Waals surface area contributed by atoms with E-state index in [9.17, 15) is 4.79 Å². The third kappa shape index (κ3) is 5.53. The molecule has 0 bridgehead atoms. The lowest BCUT2D eigenvalue weighted by molar-refractivity contribution is 0.0945. The number of nitrogens with zero attached hydrogens (tertiary/aromatic N) is 2. The van der Waals surface area contributed by atoms with Crippen LogP contribution in [-0.2, 0) is 6.54 Å². The van der Waals surface area contributed by atoms with Crippen molar-refractivity contribution in [3.05, 3.63) is 52.4 Å². The summed E-state index contributed by atoms with van der Waals surface area (Å²) >= 11 is 5.85. The number of carbonyl (C=O) groups excluding carboxylic acids is 1. The van der Waals surface area contributed by atoms with Crippen molar-refractivity contribution in [1.82, 2.24) is 15.3 Å². The number of aryl methyl sites for hydroxylation is 1. The van der Waals surface area contributed by atoms with Crippen molar-refractivity contribution in [3.8, 4) is 0 Å². The van der Waals surface area contributed by atoms with Gasteiger partial charge in [0.2, 0.25) is 0 Å². The second kappa shape index (κ2) is 6.96. The minimum atomic E-state index is -0.234. The van der Waals surface area contributed by atoms with Gasteiger partial charge in [0, 0.05) is 23.2 Å². The molecule has 0 aliphatic rings. The standard InChI is InChI=1S/C17H21ClN4O/c1-11-20-14(9-15(21-11)22-17(2,3)4)16(23)19-10-12-5-7-13(18)8-6-12/h5-9H,10H2,1-4H3,(H,19,23)(H,20,21,22). The van der Waals surface area contributed by atoms with Crippen LogP contribution in [0.2, 0.25) is 5.02 Å². The Morgan fingerprint density at radius 2 is 1.83 bits per heavy atom. The smallest absolute Gasteiger partial charge is 0.270 e. The monoisotopic (exact) mass is 332 g/mol. The molecule has 0 atom stereocenters. The number of aromatic nitrogens is 2. The number of carbonyl (C=O) groups is 1. The maximum atomic E-state index is 12.3. The van der Waals surface area contributed by atoms with Crippen molar-refractivity contribution < 1.29 is 4.79 Å². The average Bonchev–Trinajstić information content (AvgIpc) is 2.44. The summed E-state index contributed by atoms with van der Waals surface area (Å²) in [5, 5.41) is 6.77. The van der Waals surface area contributed by atoms with Crippen LogP contribution in [0.3, 0.4) is 0 Å². The summed E-state index contributed by atoms with van der Waals surface area (Å²) < 4.78 is 0. The number of amides is 1. The van der Waals surface area contributed by atoms with E-state index in [1.54, 1.807) is 25.1 Å². The second-order valence-corrected chi connectivity index (χ2v) is 6.81. The fraction of sp³-hybridized carbons (Fsp3) is 0.353. The largest absolute Gasteiger partial charge is 0.365 e. The number of halogens is 1. The number of hydrogen-bond donors (Lipinski definition) is 2. The Hall–Kier alpha value is -2.14. The van der Waals surface area contributed by atoms with Gasteiger partial charge in [-0.3, -0.25) is 4.79 Å². The van der Waals surface area contributed by atoms with Crippen LogP contribution in [-0.4, -0.2) is 21.4 Å². The van der Waals surface area contributed by atoms with Crippen LogP contribution < -0.4 is 10.6 Å². The Kier molecular flexibility index (Phi) is 5.21. The van der Waals surface area contributed by atoms with Crippen LogP contribution in [0.5, 0.6) is 0 Å². The zero-order valence-electron chi connectivity index (χ0n) is 13.8. The lowest BCUT2D eigenvalue weighted by Gasteiger charge is -2.21. The van der Waals surface area contributed by atoms with Crippen molar-refractivity contribution in [2.75, 3.05) is 5.32 Å². The Bertz CT molecular complexity index is 693. The number of rotatable bonds is 4. The van der Waals surface area contributed by atoms with Gasteiger partial charge >= 0.3 is 0 Å². The van der Waals surface area contributed by atoms with Crippen LogP contribution in [0.15, 0.2) is 30.3 Å². The first-order valence-corrected chi connectivity index (χ1v) is 7.77. The lowest BCUT2D eigenvalue weighted by atomic mass is 10.1. The van der Waals surface area contributed by atoms with Crippen molar-refractivity contribution in [1.29, 1.82) is 0 Å². The normalized spacial score (nSPS) is 11.2. The van der Waals surface area contributed by atoms with Gasteiger partial charge in [0.25, 0.3) is 5.91 Å². The topological polar surface area (TPSA) is 66.9 Å². The minimum absolute atomic E-state index is 0.141. The Morgan fingerprint density at radius 1 is 1.17 bits per heavy atom. The number of hydrogen-bond acceptors (Lipinski definition) is 4. The molecule has 2 N–H and O–H groups in total. The molecule has 1 amide bonds. The third-order valence-corrected chi connectivity index (χ3v) is 3.19. The summed E-state index contributed by atoms with van der Waals surface area (Å²) in [5.74, 6) is 0.958. The summed E-state index contributed by atoms with van der Waals surface area (Å²) in [4.78, 5) is 20.8. The van der Waals surface area contributed by atoms with Gasteiger partial charge < -0.3 is 10.6 Å². The lowest BCUT2D eigenvalue weighted by Crippen LogP contribution is -2.28. The van der Waals surface area contributed by atoms with Crippen LogP contribution in [0.4, 0.5) is 5.82 Å². The van der Waals surface area contributed by atoms with Crippen molar-refractivity contribution in [2.45, 2.75) is 39.8 Å². The van der Waals surface area contributed by atoms with Gasteiger partial charge in [-0.15, -0.1) is 0 Å². The van der Waals surface area contributed by atoms with E-state index >= 15 is 0 Å². The second-order valence-electron chi connectivity index (χ2n) is 6.37. The van der Waals surface area contributed by atoms with Crippen molar-refractivity contribution in [3.63, 3.8) is 0 Å². The van der Waals surface area contributed by atoms with Gasteiger partial charge in [-0.25, -0.2) is 9.97 Å².